The lowest BCUT2D eigenvalue weighted by molar-refractivity contribution is -0.220. The highest BCUT2D eigenvalue weighted by atomic mass is 31.2. The molecular weight excluding hydrogens is 355 g/mol. The molecule has 3 rings (SSSR count). The molecular formula is C23H29O3P. The summed E-state index contributed by atoms with van der Waals surface area (Å²) in [6.45, 7) is 12.6. The van der Waals surface area contributed by atoms with Crippen molar-refractivity contribution in [1.29, 1.82) is 0 Å². The van der Waals surface area contributed by atoms with Crippen molar-refractivity contribution in [2.45, 2.75) is 52.1 Å². The quantitative estimate of drug-likeness (QED) is 0.618. The third-order valence-corrected chi connectivity index (χ3v) is 7.77. The number of rotatable bonds is 3. The predicted molar refractivity (Wildman–Crippen MR) is 112 cm³/mol. The molecule has 0 spiro atoms. The lowest BCUT2D eigenvalue weighted by Crippen LogP contribution is -2.36. The van der Waals surface area contributed by atoms with E-state index < -0.39 is 13.1 Å². The summed E-state index contributed by atoms with van der Waals surface area (Å²) in [4.78, 5) is 13.5. The molecule has 0 saturated heterocycles. The Hall–Kier alpha value is -1.67. The van der Waals surface area contributed by atoms with Gasteiger partial charge >= 0.3 is 0 Å². The second-order valence-electron chi connectivity index (χ2n) is 8.49. The zero-order valence-electron chi connectivity index (χ0n) is 17.1. The van der Waals surface area contributed by atoms with Crippen molar-refractivity contribution < 1.29 is 13.9 Å². The van der Waals surface area contributed by atoms with Crippen LogP contribution in [0.25, 0.3) is 11.8 Å². The maximum Gasteiger partial charge on any atom is 0.294 e. The van der Waals surface area contributed by atoms with Crippen molar-refractivity contribution in [1.82, 2.24) is 0 Å². The first-order chi connectivity index (χ1) is 12.6. The molecule has 1 unspecified atom stereocenters. The highest BCUT2D eigenvalue weighted by molar-refractivity contribution is 7.60. The molecule has 144 valence electrons. The smallest absolute Gasteiger partial charge is 0.294 e. The Labute approximate surface area is 163 Å². The van der Waals surface area contributed by atoms with Gasteiger partial charge in [0.1, 0.15) is 0 Å². The van der Waals surface area contributed by atoms with Gasteiger partial charge in [0.25, 0.3) is 7.94 Å². The summed E-state index contributed by atoms with van der Waals surface area (Å²) in [5, 5.41) is -0.701. The van der Waals surface area contributed by atoms with Crippen LogP contribution in [0.15, 0.2) is 48.5 Å². The summed E-state index contributed by atoms with van der Waals surface area (Å²) in [6, 6.07) is 16.4. The highest BCUT2D eigenvalue weighted by Crippen LogP contribution is 2.73. The Morgan fingerprint density at radius 1 is 1.07 bits per heavy atom. The van der Waals surface area contributed by atoms with Crippen molar-refractivity contribution in [2.75, 3.05) is 6.61 Å². The minimum absolute atomic E-state index is 0.105. The van der Waals surface area contributed by atoms with Crippen LogP contribution >= 0.6 is 7.94 Å². The number of hydrogen-bond donors (Lipinski definition) is 0. The van der Waals surface area contributed by atoms with Gasteiger partial charge in [-0.3, -0.25) is 0 Å². The van der Waals surface area contributed by atoms with Gasteiger partial charge in [-0.05, 0) is 43.4 Å². The Kier molecular flexibility index (Phi) is 5.24. The summed E-state index contributed by atoms with van der Waals surface area (Å²) in [5.74, 6) is 0.602. The topological polar surface area (TPSA) is 41.5 Å². The molecule has 2 aromatic rings. The third kappa shape index (κ3) is 3.69. The second-order valence-corrected chi connectivity index (χ2v) is 11.0. The molecule has 1 heterocycles. The molecule has 0 radical (unpaired) electrons. The van der Waals surface area contributed by atoms with Crippen LogP contribution in [0, 0.1) is 0 Å². The van der Waals surface area contributed by atoms with Gasteiger partial charge in [-0.15, -0.1) is 0 Å². The minimum Gasteiger partial charge on any atom is -0.623 e. The van der Waals surface area contributed by atoms with Gasteiger partial charge in [0.15, 0.2) is 10.9 Å². The van der Waals surface area contributed by atoms with Gasteiger partial charge in [0, 0.05) is 11.1 Å². The monoisotopic (exact) mass is 384 g/mol. The molecule has 0 aromatic heterocycles. The summed E-state index contributed by atoms with van der Waals surface area (Å²) in [6.07, 6.45) is 1.95. The molecule has 1 aliphatic heterocycles. The highest BCUT2D eigenvalue weighted by Gasteiger charge is 2.55. The standard InChI is InChI=1S/C23H29O3P/c1-7-25-27(24)23(5,6)20-11-9-8-10-19(20)21(26-27)16-17-12-14-18(15-13-17)22(2,3)4/h8-16H,7H2,1-6H3/b21-16+. The van der Waals surface area contributed by atoms with Crippen LogP contribution in [0.1, 0.15) is 63.8 Å². The van der Waals surface area contributed by atoms with Crippen LogP contribution in [0.2, 0.25) is 0 Å². The summed E-state index contributed by atoms with van der Waals surface area (Å²) < 4.78 is 11.7. The average molecular weight is 384 g/mol. The molecule has 0 N–H and O–H groups in total. The molecule has 0 aliphatic carbocycles. The molecule has 1 aliphatic rings. The first-order valence-electron chi connectivity index (χ1n) is 9.45. The Bertz CT molecular complexity index is 847. The fourth-order valence-corrected chi connectivity index (χ4v) is 5.21. The molecule has 0 bridgehead atoms. The molecule has 0 amide bonds. The molecule has 3 nitrogen and oxygen atoms in total. The van der Waals surface area contributed by atoms with Crippen molar-refractivity contribution >= 4 is 19.8 Å². The van der Waals surface area contributed by atoms with Crippen LogP contribution in [0.3, 0.4) is 0 Å². The fourth-order valence-electron chi connectivity index (χ4n) is 3.36. The Morgan fingerprint density at radius 3 is 2.30 bits per heavy atom. The van der Waals surface area contributed by atoms with E-state index in [2.05, 4.69) is 45.0 Å². The van der Waals surface area contributed by atoms with Crippen LogP contribution < -0.4 is 4.89 Å². The molecule has 1 atom stereocenters. The fraction of sp³-hybridized carbons (Fsp3) is 0.391. The van der Waals surface area contributed by atoms with E-state index >= 15 is 0 Å². The van der Waals surface area contributed by atoms with Crippen molar-refractivity contribution in [2.24, 2.45) is 0 Å². The van der Waals surface area contributed by atoms with E-state index in [0.717, 1.165) is 16.7 Å². The average Bonchev–Trinajstić information content (AvgIpc) is 2.60. The largest absolute Gasteiger partial charge is 0.623 e. The first kappa shape index (κ1) is 20.1. The summed E-state index contributed by atoms with van der Waals surface area (Å²) >= 11 is 0. The number of benzene rings is 2. The van der Waals surface area contributed by atoms with Gasteiger partial charge in [-0.1, -0.05) is 69.3 Å². The number of fused-ring (bicyclic) bond motifs is 1. The van der Waals surface area contributed by atoms with Crippen LogP contribution in [0.5, 0.6) is 0 Å². The Morgan fingerprint density at radius 2 is 1.70 bits per heavy atom. The maximum absolute atomic E-state index is 13.5. The second kappa shape index (κ2) is 7.05. The first-order valence-corrected chi connectivity index (χ1v) is 11.0. The minimum atomic E-state index is -3.35. The molecule has 2 aromatic carbocycles. The summed E-state index contributed by atoms with van der Waals surface area (Å²) in [5.41, 5.74) is 4.35. The number of hydrogen-bond acceptors (Lipinski definition) is 3. The maximum atomic E-state index is 13.5. The SMILES string of the molecule is CCO[P+]1([O-])O/C(=C/c2ccc(C(C)(C)C)cc2)c2ccccc2C1(C)C. The van der Waals surface area contributed by atoms with E-state index in [-0.39, 0.29) is 5.41 Å². The van der Waals surface area contributed by atoms with E-state index in [1.165, 1.54) is 5.56 Å². The van der Waals surface area contributed by atoms with Gasteiger partial charge in [0.05, 0.1) is 6.61 Å². The normalized spacial score (nSPS) is 23.0. The van der Waals surface area contributed by atoms with E-state index in [1.807, 2.05) is 51.1 Å². The summed E-state index contributed by atoms with van der Waals surface area (Å²) in [7, 11) is -3.35. The predicted octanol–water partition coefficient (Wildman–Crippen LogP) is 5.91. The molecule has 0 fully saturated rings. The van der Waals surface area contributed by atoms with Crippen molar-refractivity contribution in [3.05, 3.63) is 70.8 Å². The van der Waals surface area contributed by atoms with Crippen LogP contribution in [-0.2, 0) is 19.6 Å². The van der Waals surface area contributed by atoms with E-state index in [4.69, 9.17) is 9.05 Å². The van der Waals surface area contributed by atoms with E-state index in [9.17, 15) is 4.89 Å². The van der Waals surface area contributed by atoms with Crippen LogP contribution in [0.4, 0.5) is 0 Å². The van der Waals surface area contributed by atoms with E-state index in [1.54, 1.807) is 0 Å². The van der Waals surface area contributed by atoms with Crippen LogP contribution in [-0.4, -0.2) is 6.61 Å². The van der Waals surface area contributed by atoms with Gasteiger partial charge in [0.2, 0.25) is 0 Å². The molecule has 0 saturated carbocycles. The zero-order valence-corrected chi connectivity index (χ0v) is 18.0. The van der Waals surface area contributed by atoms with Gasteiger partial charge < -0.3 is 9.42 Å². The third-order valence-electron chi connectivity index (χ3n) is 5.13. The van der Waals surface area contributed by atoms with Gasteiger partial charge in [-0.25, -0.2) is 4.52 Å². The Balaban J connectivity index is 2.08. The zero-order chi connectivity index (χ0) is 19.9. The lowest BCUT2D eigenvalue weighted by Gasteiger charge is -2.44. The lowest BCUT2D eigenvalue weighted by atomic mass is 9.86. The molecule has 27 heavy (non-hydrogen) atoms. The molecule has 4 heteroatoms. The van der Waals surface area contributed by atoms with E-state index in [0.29, 0.717) is 12.4 Å². The van der Waals surface area contributed by atoms with Crippen molar-refractivity contribution in [3.63, 3.8) is 0 Å². The van der Waals surface area contributed by atoms with Gasteiger partial charge in [-0.2, -0.15) is 0 Å². The van der Waals surface area contributed by atoms with Crippen molar-refractivity contribution in [3.8, 4) is 0 Å².